The Morgan fingerprint density at radius 1 is 0.967 bits per heavy atom. The van der Waals surface area contributed by atoms with E-state index < -0.39 is 52.2 Å². The molecule has 0 radical (unpaired) electrons. The van der Waals surface area contributed by atoms with Crippen molar-refractivity contribution in [3.05, 3.63) is 74.8 Å². The van der Waals surface area contributed by atoms with Crippen LogP contribution in [0.1, 0.15) is 43.6 Å². The summed E-state index contributed by atoms with van der Waals surface area (Å²) in [5, 5.41) is 11.0. The number of rotatable bonds is 7. The summed E-state index contributed by atoms with van der Waals surface area (Å²) in [5.41, 5.74) is -2.63. The molecule has 0 saturated heterocycles. The van der Waals surface area contributed by atoms with Gasteiger partial charge < -0.3 is 9.47 Å². The third kappa shape index (κ3) is 5.63. The van der Waals surface area contributed by atoms with Gasteiger partial charge in [-0.15, -0.1) is 0 Å². The Morgan fingerprint density at radius 2 is 1.57 bits per heavy atom. The molecule has 0 aromatic heterocycles. The summed E-state index contributed by atoms with van der Waals surface area (Å²) in [5.74, 6) is -3.00. The number of carbonyl (C=O) groups excluding carboxylic acids is 3. The lowest BCUT2D eigenvalue weighted by Gasteiger charge is -2.09. The summed E-state index contributed by atoms with van der Waals surface area (Å²) in [6, 6.07) is 6.28. The molecule has 158 valence electrons. The fourth-order valence-electron chi connectivity index (χ4n) is 2.33. The van der Waals surface area contributed by atoms with Crippen LogP contribution in [0.2, 0.25) is 0 Å². The fraction of sp³-hybridized carbons (Fsp3) is 0.211. The molecule has 0 N–H and O–H groups in total. The van der Waals surface area contributed by atoms with Crippen LogP contribution in [0.5, 0.6) is 0 Å². The number of benzene rings is 2. The van der Waals surface area contributed by atoms with Gasteiger partial charge in [-0.1, -0.05) is 12.1 Å². The van der Waals surface area contributed by atoms with E-state index in [0.717, 1.165) is 36.4 Å². The summed E-state index contributed by atoms with van der Waals surface area (Å²) in [7, 11) is 0. The van der Waals surface area contributed by atoms with Crippen molar-refractivity contribution >= 4 is 23.4 Å². The Hall–Kier alpha value is -3.76. The summed E-state index contributed by atoms with van der Waals surface area (Å²) < 4.78 is 47.7. The number of carbonyl (C=O) groups is 3. The van der Waals surface area contributed by atoms with Gasteiger partial charge >= 0.3 is 18.1 Å². The normalized spacial score (nSPS) is 10.9. The highest BCUT2D eigenvalue weighted by atomic mass is 19.4. The zero-order valence-corrected chi connectivity index (χ0v) is 15.4. The number of alkyl halides is 3. The van der Waals surface area contributed by atoms with Crippen LogP contribution in [0, 0.1) is 10.1 Å². The fourth-order valence-corrected chi connectivity index (χ4v) is 2.33. The third-order valence-electron chi connectivity index (χ3n) is 3.72. The Bertz CT molecular complexity index is 1000. The smallest absolute Gasteiger partial charge is 0.416 e. The van der Waals surface area contributed by atoms with Gasteiger partial charge in [-0.25, -0.2) is 9.59 Å². The zero-order chi connectivity index (χ0) is 22.5. The van der Waals surface area contributed by atoms with Crippen LogP contribution in [0.15, 0.2) is 42.5 Å². The lowest BCUT2D eigenvalue weighted by atomic mass is 10.1. The van der Waals surface area contributed by atoms with E-state index in [1.165, 1.54) is 6.92 Å². The standard InChI is InChI=1S/C19H14F3NO7/c1-2-29-17(25)12-6-13(9-15(8-12)23(27)28)18(26)30-10-16(24)11-4-3-5-14(7-11)19(20,21)22/h3-9H,2,10H2,1H3. The van der Waals surface area contributed by atoms with Gasteiger partial charge in [0.15, 0.2) is 12.4 Å². The van der Waals surface area contributed by atoms with Crippen molar-refractivity contribution in [2.45, 2.75) is 13.1 Å². The van der Waals surface area contributed by atoms with E-state index in [2.05, 4.69) is 0 Å². The van der Waals surface area contributed by atoms with Gasteiger partial charge in [0.05, 0.1) is 28.2 Å². The number of ketones is 1. The van der Waals surface area contributed by atoms with E-state index in [-0.39, 0.29) is 17.7 Å². The van der Waals surface area contributed by atoms with Crippen LogP contribution in [0.4, 0.5) is 18.9 Å². The number of ether oxygens (including phenoxy) is 2. The second kappa shape index (κ2) is 9.16. The van der Waals surface area contributed by atoms with Crippen LogP contribution < -0.4 is 0 Å². The molecule has 0 unspecified atom stereocenters. The van der Waals surface area contributed by atoms with Gasteiger partial charge in [-0.3, -0.25) is 14.9 Å². The number of Topliss-reactive ketones (excluding diaryl/α,β-unsaturated/α-hetero) is 1. The van der Waals surface area contributed by atoms with Crippen molar-refractivity contribution in [2.75, 3.05) is 13.2 Å². The van der Waals surface area contributed by atoms with Gasteiger partial charge in [0.25, 0.3) is 5.69 Å². The molecular formula is C19H14F3NO7. The summed E-state index contributed by atoms with van der Waals surface area (Å²) in [6.07, 6.45) is -4.65. The number of nitro benzene ring substituents is 1. The van der Waals surface area contributed by atoms with Gasteiger partial charge in [-0.2, -0.15) is 13.2 Å². The average Bonchev–Trinajstić information content (AvgIpc) is 2.71. The number of esters is 2. The van der Waals surface area contributed by atoms with Crippen LogP contribution in [-0.2, 0) is 15.7 Å². The van der Waals surface area contributed by atoms with E-state index in [1.807, 2.05) is 0 Å². The number of hydrogen-bond acceptors (Lipinski definition) is 7. The second-order valence-corrected chi connectivity index (χ2v) is 5.82. The molecule has 0 spiro atoms. The predicted molar refractivity (Wildman–Crippen MR) is 95.1 cm³/mol. The molecule has 0 aliphatic carbocycles. The van der Waals surface area contributed by atoms with Crippen LogP contribution >= 0.6 is 0 Å². The minimum Gasteiger partial charge on any atom is -0.462 e. The monoisotopic (exact) mass is 425 g/mol. The molecule has 30 heavy (non-hydrogen) atoms. The number of nitro groups is 1. The number of non-ortho nitro benzene ring substituents is 1. The van der Waals surface area contributed by atoms with Crippen molar-refractivity contribution in [1.82, 2.24) is 0 Å². The Balaban J connectivity index is 2.19. The summed E-state index contributed by atoms with van der Waals surface area (Å²) in [6.45, 7) is 0.605. The molecule has 2 rings (SSSR count). The van der Waals surface area contributed by atoms with Crippen molar-refractivity contribution in [3.8, 4) is 0 Å². The predicted octanol–water partition coefficient (Wildman–Crippen LogP) is 3.83. The average molecular weight is 425 g/mol. The Labute approximate surface area is 167 Å². The summed E-state index contributed by atoms with van der Waals surface area (Å²) in [4.78, 5) is 46.3. The molecule has 8 nitrogen and oxygen atoms in total. The second-order valence-electron chi connectivity index (χ2n) is 5.82. The molecule has 0 aliphatic rings. The maximum Gasteiger partial charge on any atom is 0.416 e. The van der Waals surface area contributed by atoms with E-state index in [0.29, 0.717) is 6.07 Å². The molecule has 0 fully saturated rings. The lowest BCUT2D eigenvalue weighted by Crippen LogP contribution is -2.16. The zero-order valence-electron chi connectivity index (χ0n) is 15.4. The third-order valence-corrected chi connectivity index (χ3v) is 3.72. The van der Waals surface area contributed by atoms with Gasteiger partial charge in [0.2, 0.25) is 0 Å². The van der Waals surface area contributed by atoms with Gasteiger partial charge in [0.1, 0.15) is 0 Å². The minimum absolute atomic E-state index is 0.00715. The quantitative estimate of drug-likeness (QED) is 0.287. The van der Waals surface area contributed by atoms with Crippen molar-refractivity contribution in [3.63, 3.8) is 0 Å². The van der Waals surface area contributed by atoms with Crippen LogP contribution in [0.3, 0.4) is 0 Å². The van der Waals surface area contributed by atoms with Crippen molar-refractivity contribution in [1.29, 1.82) is 0 Å². The molecule has 0 aliphatic heterocycles. The highest BCUT2D eigenvalue weighted by Gasteiger charge is 2.31. The largest absolute Gasteiger partial charge is 0.462 e. The molecule has 0 bridgehead atoms. The first-order chi connectivity index (χ1) is 14.0. The lowest BCUT2D eigenvalue weighted by molar-refractivity contribution is -0.384. The molecule has 11 heteroatoms. The first-order valence-electron chi connectivity index (χ1n) is 8.37. The maximum absolute atomic E-state index is 12.7. The van der Waals surface area contributed by atoms with Crippen molar-refractivity contribution < 1.29 is 42.0 Å². The molecule has 0 atom stereocenters. The number of nitrogens with zero attached hydrogens (tertiary/aromatic N) is 1. The highest BCUT2D eigenvalue weighted by Crippen LogP contribution is 2.29. The highest BCUT2D eigenvalue weighted by molar-refractivity contribution is 6.00. The first kappa shape index (κ1) is 22.5. The molecule has 0 amide bonds. The number of halogens is 3. The maximum atomic E-state index is 12.7. The van der Waals surface area contributed by atoms with E-state index >= 15 is 0 Å². The minimum atomic E-state index is -4.65. The first-order valence-corrected chi connectivity index (χ1v) is 8.37. The van der Waals surface area contributed by atoms with Crippen LogP contribution in [0.25, 0.3) is 0 Å². The molecule has 0 heterocycles. The van der Waals surface area contributed by atoms with Crippen molar-refractivity contribution in [2.24, 2.45) is 0 Å². The topological polar surface area (TPSA) is 113 Å². The van der Waals surface area contributed by atoms with E-state index in [1.54, 1.807) is 0 Å². The van der Waals surface area contributed by atoms with Crippen LogP contribution in [-0.4, -0.2) is 35.9 Å². The van der Waals surface area contributed by atoms with E-state index in [4.69, 9.17) is 9.47 Å². The van der Waals surface area contributed by atoms with Gasteiger partial charge in [0, 0.05) is 17.7 Å². The molecular weight excluding hydrogens is 411 g/mol. The Morgan fingerprint density at radius 3 is 2.10 bits per heavy atom. The van der Waals surface area contributed by atoms with Gasteiger partial charge in [-0.05, 0) is 25.1 Å². The Kier molecular flexibility index (Phi) is 6.88. The van der Waals surface area contributed by atoms with E-state index in [9.17, 15) is 37.7 Å². The number of hydrogen-bond donors (Lipinski definition) is 0. The molecule has 2 aromatic carbocycles. The SMILES string of the molecule is CCOC(=O)c1cc(C(=O)OCC(=O)c2cccc(C(F)(F)F)c2)cc([N+](=O)[O-])c1. The summed E-state index contributed by atoms with van der Waals surface area (Å²) >= 11 is 0. The molecule has 0 saturated carbocycles. The molecule has 2 aromatic rings.